The van der Waals surface area contributed by atoms with Crippen LogP contribution in [0.5, 0.6) is 0 Å². The molecule has 0 aliphatic rings. The molecule has 0 heterocycles. The normalized spacial score (nSPS) is 12.1. The second kappa shape index (κ2) is 4.56. The van der Waals surface area contributed by atoms with Gasteiger partial charge in [0, 0.05) is 6.42 Å². The van der Waals surface area contributed by atoms with E-state index in [1.165, 1.54) is 18.2 Å². The second-order valence-corrected chi connectivity index (χ2v) is 3.06. The Morgan fingerprint density at radius 3 is 2.47 bits per heavy atom. The highest BCUT2D eigenvalue weighted by atomic mass is 16.4. The van der Waals surface area contributed by atoms with E-state index in [-0.39, 0.29) is 12.0 Å². The van der Waals surface area contributed by atoms with Crippen LogP contribution in [-0.4, -0.2) is 33.4 Å². The zero-order valence-corrected chi connectivity index (χ0v) is 7.75. The summed E-state index contributed by atoms with van der Waals surface area (Å²) in [6, 6.07) is 5.82. The number of aliphatic hydroxyl groups is 1. The summed E-state index contributed by atoms with van der Waals surface area (Å²) in [7, 11) is 0. The molecular formula is C10H10O5. The maximum absolute atomic E-state index is 10.6. The lowest BCUT2D eigenvalue weighted by molar-refractivity contribution is -0.146. The van der Waals surface area contributed by atoms with Crippen LogP contribution in [0.25, 0.3) is 0 Å². The van der Waals surface area contributed by atoms with Gasteiger partial charge in [0.25, 0.3) is 0 Å². The van der Waals surface area contributed by atoms with Crippen molar-refractivity contribution in [3.8, 4) is 0 Å². The molecule has 0 bridgehead atoms. The minimum absolute atomic E-state index is 0.0742. The second-order valence-electron chi connectivity index (χ2n) is 3.06. The number of carboxylic acid groups (broad SMARTS) is 2. The summed E-state index contributed by atoms with van der Waals surface area (Å²) in [6.45, 7) is 0. The standard InChI is InChI=1S/C10H10O5/c11-8(10(14)15)5-6-2-1-3-7(4-6)9(12)13/h1-4,8,11H,5H2,(H,12,13)(H,14,15)/t8-/m0/s1. The smallest absolute Gasteiger partial charge is 0.335 e. The fourth-order valence-corrected chi connectivity index (χ4v) is 1.14. The number of hydrogen-bond acceptors (Lipinski definition) is 3. The molecule has 0 saturated heterocycles. The van der Waals surface area contributed by atoms with Crippen molar-refractivity contribution in [2.24, 2.45) is 0 Å². The summed E-state index contributed by atoms with van der Waals surface area (Å²) in [5, 5.41) is 26.2. The van der Waals surface area contributed by atoms with Crippen LogP contribution in [-0.2, 0) is 11.2 Å². The largest absolute Gasteiger partial charge is 0.479 e. The molecule has 1 aromatic rings. The number of carboxylic acids is 2. The fraction of sp³-hybridized carbons (Fsp3) is 0.200. The van der Waals surface area contributed by atoms with E-state index in [0.717, 1.165) is 0 Å². The predicted molar refractivity (Wildman–Crippen MR) is 50.7 cm³/mol. The van der Waals surface area contributed by atoms with Crippen molar-refractivity contribution in [1.29, 1.82) is 0 Å². The molecule has 1 rings (SSSR count). The zero-order valence-electron chi connectivity index (χ0n) is 7.75. The van der Waals surface area contributed by atoms with Crippen LogP contribution in [0.4, 0.5) is 0 Å². The Hall–Kier alpha value is -1.88. The molecule has 1 aromatic carbocycles. The Morgan fingerprint density at radius 2 is 1.93 bits per heavy atom. The first-order valence-electron chi connectivity index (χ1n) is 4.24. The fourth-order valence-electron chi connectivity index (χ4n) is 1.14. The summed E-state index contributed by atoms with van der Waals surface area (Å²) < 4.78 is 0. The summed E-state index contributed by atoms with van der Waals surface area (Å²) in [5.74, 6) is -2.41. The lowest BCUT2D eigenvalue weighted by Gasteiger charge is -2.05. The van der Waals surface area contributed by atoms with Crippen molar-refractivity contribution in [3.05, 3.63) is 35.4 Å². The molecule has 1 atom stereocenters. The van der Waals surface area contributed by atoms with Crippen LogP contribution >= 0.6 is 0 Å². The minimum atomic E-state index is -1.51. The van der Waals surface area contributed by atoms with Crippen molar-refractivity contribution < 1.29 is 24.9 Å². The number of aliphatic hydroxyl groups excluding tert-OH is 1. The Balaban J connectivity index is 2.82. The van der Waals surface area contributed by atoms with Crippen LogP contribution < -0.4 is 0 Å². The monoisotopic (exact) mass is 210 g/mol. The number of hydrogen-bond donors (Lipinski definition) is 3. The van der Waals surface area contributed by atoms with Gasteiger partial charge < -0.3 is 15.3 Å². The number of aromatic carboxylic acids is 1. The Morgan fingerprint density at radius 1 is 1.27 bits per heavy atom. The van der Waals surface area contributed by atoms with Crippen molar-refractivity contribution in [3.63, 3.8) is 0 Å². The minimum Gasteiger partial charge on any atom is -0.479 e. The van der Waals surface area contributed by atoms with Gasteiger partial charge in [-0.3, -0.25) is 0 Å². The van der Waals surface area contributed by atoms with Crippen LogP contribution in [0.3, 0.4) is 0 Å². The van der Waals surface area contributed by atoms with Crippen LogP contribution in [0.1, 0.15) is 15.9 Å². The third-order valence-electron chi connectivity index (χ3n) is 1.89. The van der Waals surface area contributed by atoms with Gasteiger partial charge in [0.1, 0.15) is 0 Å². The van der Waals surface area contributed by atoms with E-state index in [2.05, 4.69) is 0 Å². The first-order valence-corrected chi connectivity index (χ1v) is 4.24. The quantitative estimate of drug-likeness (QED) is 0.667. The first-order chi connectivity index (χ1) is 7.00. The molecule has 0 amide bonds. The molecule has 5 heteroatoms. The lowest BCUT2D eigenvalue weighted by atomic mass is 10.1. The Bertz CT molecular complexity index is 385. The van der Waals surface area contributed by atoms with Crippen molar-refractivity contribution in [2.45, 2.75) is 12.5 Å². The highest BCUT2D eigenvalue weighted by Gasteiger charge is 2.14. The van der Waals surface area contributed by atoms with Gasteiger partial charge >= 0.3 is 11.9 Å². The SMILES string of the molecule is O=C(O)c1cccc(C[C@H](O)C(=O)O)c1. The van der Waals surface area contributed by atoms with E-state index in [1.54, 1.807) is 6.07 Å². The lowest BCUT2D eigenvalue weighted by Crippen LogP contribution is -2.22. The number of carbonyl (C=O) groups is 2. The third kappa shape index (κ3) is 3.07. The molecule has 15 heavy (non-hydrogen) atoms. The highest BCUT2D eigenvalue weighted by molar-refractivity contribution is 5.87. The van der Waals surface area contributed by atoms with Crippen molar-refractivity contribution in [1.82, 2.24) is 0 Å². The summed E-state index contributed by atoms with van der Waals surface area (Å²) in [5.41, 5.74) is 0.551. The number of aliphatic carboxylic acids is 1. The number of benzene rings is 1. The van der Waals surface area contributed by atoms with Crippen LogP contribution in [0, 0.1) is 0 Å². The molecule has 0 radical (unpaired) electrons. The molecule has 0 spiro atoms. The highest BCUT2D eigenvalue weighted by Crippen LogP contribution is 2.08. The van der Waals surface area contributed by atoms with E-state index in [4.69, 9.17) is 15.3 Å². The molecule has 0 unspecified atom stereocenters. The molecule has 3 N–H and O–H groups in total. The molecule has 5 nitrogen and oxygen atoms in total. The van der Waals surface area contributed by atoms with E-state index < -0.39 is 18.0 Å². The molecule has 0 aliphatic carbocycles. The number of rotatable bonds is 4. The molecule has 0 aliphatic heterocycles. The van der Waals surface area contributed by atoms with Crippen molar-refractivity contribution >= 4 is 11.9 Å². The average molecular weight is 210 g/mol. The molecule has 0 saturated carbocycles. The van der Waals surface area contributed by atoms with Crippen LogP contribution in [0.2, 0.25) is 0 Å². The predicted octanol–water partition coefficient (Wildman–Crippen LogP) is 0.373. The first kappa shape index (κ1) is 11.2. The van der Waals surface area contributed by atoms with Gasteiger partial charge in [-0.15, -0.1) is 0 Å². The van der Waals surface area contributed by atoms with Crippen molar-refractivity contribution in [2.75, 3.05) is 0 Å². The zero-order chi connectivity index (χ0) is 11.4. The Kier molecular flexibility index (Phi) is 3.41. The van der Waals surface area contributed by atoms with Gasteiger partial charge in [0.05, 0.1) is 5.56 Å². The third-order valence-corrected chi connectivity index (χ3v) is 1.89. The van der Waals surface area contributed by atoms with Gasteiger partial charge in [-0.05, 0) is 17.7 Å². The van der Waals surface area contributed by atoms with Gasteiger partial charge in [-0.1, -0.05) is 12.1 Å². The maximum Gasteiger partial charge on any atom is 0.335 e. The van der Waals surface area contributed by atoms with E-state index in [9.17, 15) is 9.59 Å². The Labute approximate surface area is 85.6 Å². The topological polar surface area (TPSA) is 94.8 Å². The molecule has 0 fully saturated rings. The van der Waals surface area contributed by atoms with Gasteiger partial charge in [0.15, 0.2) is 6.10 Å². The maximum atomic E-state index is 10.6. The summed E-state index contributed by atoms with van der Waals surface area (Å²) >= 11 is 0. The summed E-state index contributed by atoms with van der Waals surface area (Å²) in [6.07, 6.45) is -1.61. The van der Waals surface area contributed by atoms with E-state index in [0.29, 0.717) is 5.56 Å². The molecule has 80 valence electrons. The van der Waals surface area contributed by atoms with Gasteiger partial charge in [-0.25, -0.2) is 9.59 Å². The molecular weight excluding hydrogens is 200 g/mol. The molecule has 0 aromatic heterocycles. The van der Waals surface area contributed by atoms with Gasteiger partial charge in [0.2, 0.25) is 0 Å². The van der Waals surface area contributed by atoms with Gasteiger partial charge in [-0.2, -0.15) is 0 Å². The average Bonchev–Trinajstić information content (AvgIpc) is 2.18. The van der Waals surface area contributed by atoms with E-state index in [1.807, 2.05) is 0 Å². The van der Waals surface area contributed by atoms with Crippen LogP contribution in [0.15, 0.2) is 24.3 Å². The summed E-state index contributed by atoms with van der Waals surface area (Å²) in [4.78, 5) is 21.0. The van der Waals surface area contributed by atoms with E-state index >= 15 is 0 Å².